The van der Waals surface area contributed by atoms with Crippen molar-refractivity contribution in [2.75, 3.05) is 0 Å². The second kappa shape index (κ2) is 5.66. The zero-order chi connectivity index (χ0) is 14.8. The van der Waals surface area contributed by atoms with Crippen LogP contribution in [0.5, 0.6) is 0 Å². The number of aryl methyl sites for hydroxylation is 2. The first-order valence-electron chi connectivity index (χ1n) is 6.81. The van der Waals surface area contributed by atoms with Gasteiger partial charge in [0.1, 0.15) is 5.15 Å². The SMILES string of the molecule is Cc1ccc(C)c(-c2nc(Cl)cc(-c3ccccc3)n2)c1. The predicted molar refractivity (Wildman–Crippen MR) is 87.4 cm³/mol. The Hall–Kier alpha value is -2.19. The molecule has 1 heterocycles. The molecular weight excluding hydrogens is 280 g/mol. The van der Waals surface area contributed by atoms with Crippen LogP contribution in [0.25, 0.3) is 22.6 Å². The van der Waals surface area contributed by atoms with Crippen molar-refractivity contribution in [1.29, 1.82) is 0 Å². The quantitative estimate of drug-likeness (QED) is 0.616. The summed E-state index contributed by atoms with van der Waals surface area (Å²) in [4.78, 5) is 9.07. The zero-order valence-electron chi connectivity index (χ0n) is 12.0. The summed E-state index contributed by atoms with van der Waals surface area (Å²) in [5.41, 5.74) is 5.22. The van der Waals surface area contributed by atoms with E-state index in [1.165, 1.54) is 5.56 Å². The third kappa shape index (κ3) is 2.96. The van der Waals surface area contributed by atoms with E-state index in [1.54, 1.807) is 6.07 Å². The molecule has 0 aliphatic carbocycles. The lowest BCUT2D eigenvalue weighted by Crippen LogP contribution is -1.95. The molecule has 1 aromatic heterocycles. The fraction of sp³-hybridized carbons (Fsp3) is 0.111. The van der Waals surface area contributed by atoms with Crippen molar-refractivity contribution in [3.8, 4) is 22.6 Å². The van der Waals surface area contributed by atoms with Gasteiger partial charge < -0.3 is 0 Å². The van der Waals surface area contributed by atoms with Crippen LogP contribution < -0.4 is 0 Å². The molecule has 21 heavy (non-hydrogen) atoms. The first-order valence-corrected chi connectivity index (χ1v) is 7.19. The molecule has 0 atom stereocenters. The topological polar surface area (TPSA) is 25.8 Å². The molecule has 3 rings (SSSR count). The van der Waals surface area contributed by atoms with Crippen molar-refractivity contribution in [2.45, 2.75) is 13.8 Å². The van der Waals surface area contributed by atoms with Crippen molar-refractivity contribution < 1.29 is 0 Å². The zero-order valence-corrected chi connectivity index (χ0v) is 12.7. The molecule has 0 bridgehead atoms. The van der Waals surface area contributed by atoms with Gasteiger partial charge in [0.25, 0.3) is 0 Å². The van der Waals surface area contributed by atoms with Crippen LogP contribution in [-0.4, -0.2) is 9.97 Å². The fourth-order valence-corrected chi connectivity index (χ4v) is 2.46. The summed E-state index contributed by atoms with van der Waals surface area (Å²) in [5, 5.41) is 0.458. The van der Waals surface area contributed by atoms with E-state index in [0.717, 1.165) is 22.4 Å². The second-order valence-electron chi connectivity index (χ2n) is 5.08. The lowest BCUT2D eigenvalue weighted by Gasteiger charge is -2.08. The molecule has 0 spiro atoms. The van der Waals surface area contributed by atoms with E-state index >= 15 is 0 Å². The highest BCUT2D eigenvalue weighted by Crippen LogP contribution is 2.26. The van der Waals surface area contributed by atoms with Crippen molar-refractivity contribution in [1.82, 2.24) is 9.97 Å². The monoisotopic (exact) mass is 294 g/mol. The number of rotatable bonds is 2. The van der Waals surface area contributed by atoms with Gasteiger partial charge in [-0.3, -0.25) is 0 Å². The van der Waals surface area contributed by atoms with E-state index in [0.29, 0.717) is 11.0 Å². The van der Waals surface area contributed by atoms with Crippen LogP contribution in [-0.2, 0) is 0 Å². The molecule has 0 radical (unpaired) electrons. The van der Waals surface area contributed by atoms with Gasteiger partial charge in [-0.05, 0) is 25.5 Å². The minimum absolute atomic E-state index is 0.458. The predicted octanol–water partition coefficient (Wildman–Crippen LogP) is 5.08. The molecule has 3 heteroatoms. The van der Waals surface area contributed by atoms with Crippen LogP contribution in [0.4, 0.5) is 0 Å². The van der Waals surface area contributed by atoms with Crippen LogP contribution >= 0.6 is 11.6 Å². The average molecular weight is 295 g/mol. The van der Waals surface area contributed by atoms with Crippen molar-refractivity contribution in [3.63, 3.8) is 0 Å². The van der Waals surface area contributed by atoms with E-state index in [1.807, 2.05) is 30.3 Å². The van der Waals surface area contributed by atoms with E-state index < -0.39 is 0 Å². The van der Waals surface area contributed by atoms with Crippen LogP contribution in [0.2, 0.25) is 5.15 Å². The van der Waals surface area contributed by atoms with Crippen LogP contribution in [0.1, 0.15) is 11.1 Å². The van der Waals surface area contributed by atoms with E-state index in [9.17, 15) is 0 Å². The van der Waals surface area contributed by atoms with Gasteiger partial charge in [-0.2, -0.15) is 0 Å². The van der Waals surface area contributed by atoms with Gasteiger partial charge in [-0.15, -0.1) is 0 Å². The number of aromatic nitrogens is 2. The summed E-state index contributed by atoms with van der Waals surface area (Å²) in [6.45, 7) is 4.12. The molecule has 0 N–H and O–H groups in total. The summed E-state index contributed by atoms with van der Waals surface area (Å²) in [6.07, 6.45) is 0. The fourth-order valence-electron chi connectivity index (χ4n) is 2.27. The Balaban J connectivity index is 2.16. The second-order valence-corrected chi connectivity index (χ2v) is 5.47. The Labute approximate surface area is 129 Å². The molecule has 0 fully saturated rings. The van der Waals surface area contributed by atoms with Crippen molar-refractivity contribution >= 4 is 11.6 Å². The van der Waals surface area contributed by atoms with Gasteiger partial charge in [-0.25, -0.2) is 9.97 Å². The highest BCUT2D eigenvalue weighted by Gasteiger charge is 2.10. The van der Waals surface area contributed by atoms with E-state index in [2.05, 4.69) is 42.0 Å². The Morgan fingerprint density at radius 3 is 2.38 bits per heavy atom. The first kappa shape index (κ1) is 13.8. The largest absolute Gasteiger partial charge is 0.228 e. The first-order chi connectivity index (χ1) is 10.1. The summed E-state index contributed by atoms with van der Waals surface area (Å²) in [7, 11) is 0. The van der Waals surface area contributed by atoms with E-state index in [4.69, 9.17) is 11.6 Å². The van der Waals surface area contributed by atoms with E-state index in [-0.39, 0.29) is 0 Å². The minimum atomic E-state index is 0.458. The van der Waals surface area contributed by atoms with Gasteiger partial charge in [0.2, 0.25) is 0 Å². The Morgan fingerprint density at radius 1 is 0.857 bits per heavy atom. The Bertz CT molecular complexity index is 782. The molecular formula is C18H15ClN2. The number of halogens is 1. The highest BCUT2D eigenvalue weighted by atomic mass is 35.5. The number of hydrogen-bond donors (Lipinski definition) is 0. The standard InChI is InChI=1S/C18H15ClN2/c1-12-8-9-13(2)15(10-12)18-20-16(11-17(19)21-18)14-6-4-3-5-7-14/h3-11H,1-2H3. The Kier molecular flexibility index (Phi) is 3.72. The molecule has 0 saturated heterocycles. The third-order valence-electron chi connectivity index (χ3n) is 3.40. The molecule has 3 aromatic rings. The smallest absolute Gasteiger partial charge is 0.161 e. The molecule has 0 unspecified atom stereocenters. The summed E-state index contributed by atoms with van der Waals surface area (Å²) in [6, 6.07) is 18.1. The maximum atomic E-state index is 6.19. The molecule has 2 nitrogen and oxygen atoms in total. The third-order valence-corrected chi connectivity index (χ3v) is 3.59. The van der Waals surface area contributed by atoms with Gasteiger partial charge in [0.05, 0.1) is 5.69 Å². The van der Waals surface area contributed by atoms with Gasteiger partial charge in [-0.1, -0.05) is 59.6 Å². The molecule has 104 valence electrons. The Morgan fingerprint density at radius 2 is 1.62 bits per heavy atom. The number of nitrogens with zero attached hydrogens (tertiary/aromatic N) is 2. The van der Waals surface area contributed by atoms with Crippen LogP contribution in [0.15, 0.2) is 54.6 Å². The normalized spacial score (nSPS) is 10.6. The summed E-state index contributed by atoms with van der Waals surface area (Å²) in [5.74, 6) is 0.669. The maximum Gasteiger partial charge on any atom is 0.161 e. The molecule has 0 saturated carbocycles. The minimum Gasteiger partial charge on any atom is -0.228 e. The van der Waals surface area contributed by atoms with Gasteiger partial charge in [0.15, 0.2) is 5.82 Å². The molecule has 0 amide bonds. The lowest BCUT2D eigenvalue weighted by atomic mass is 10.0. The van der Waals surface area contributed by atoms with Gasteiger partial charge in [0, 0.05) is 17.2 Å². The molecule has 0 aliphatic rings. The maximum absolute atomic E-state index is 6.19. The average Bonchev–Trinajstić information content (AvgIpc) is 2.50. The summed E-state index contributed by atoms with van der Waals surface area (Å²) < 4.78 is 0. The van der Waals surface area contributed by atoms with Gasteiger partial charge >= 0.3 is 0 Å². The number of benzene rings is 2. The van der Waals surface area contributed by atoms with Crippen LogP contribution in [0, 0.1) is 13.8 Å². The summed E-state index contributed by atoms with van der Waals surface area (Å²) >= 11 is 6.19. The molecule has 0 aliphatic heterocycles. The lowest BCUT2D eigenvalue weighted by molar-refractivity contribution is 1.17. The number of hydrogen-bond acceptors (Lipinski definition) is 2. The molecule has 2 aromatic carbocycles. The van der Waals surface area contributed by atoms with Crippen LogP contribution in [0.3, 0.4) is 0 Å². The highest BCUT2D eigenvalue weighted by molar-refractivity contribution is 6.29. The van der Waals surface area contributed by atoms with Crippen molar-refractivity contribution in [2.24, 2.45) is 0 Å². The van der Waals surface area contributed by atoms with Crippen molar-refractivity contribution in [3.05, 3.63) is 70.9 Å².